The highest BCUT2D eigenvalue weighted by molar-refractivity contribution is 5.97. The summed E-state index contributed by atoms with van der Waals surface area (Å²) in [6.07, 6.45) is -26.1. The summed E-state index contributed by atoms with van der Waals surface area (Å²) < 4.78 is 46.6. The molecule has 4 fully saturated rings. The quantitative estimate of drug-likeness (QED) is 0.0588. The SMILES string of the molecule is OC[C@H]1O[C@@H](Oc2ccc(-c3c4nc(c(-c5ccc(O[C@@H]6O[C@H](CO)[C@@H](O)[C@H](O)[C@H]6O)cc5)c5ccc([nH]5)c(-c5ccc(O[C@@H]6O[C@H](CO)[C@@H](O)[C@H](O)[C@H]6O)cc5)c5nc(c(-c6ccc(O[C@@H]7O[C@H](CO)[C@@H](O)[C@H](O)[C@H]7O)cc6)c6ccc3[nH]6)CC5)C=C4)cc2)[C@H](O)[C@@H](O)[C@@H]1O. The van der Waals surface area contributed by atoms with Crippen LogP contribution in [0.2, 0.25) is 0 Å². The van der Waals surface area contributed by atoms with E-state index in [4.69, 9.17) is 47.9 Å². The minimum atomic E-state index is -1.68. The van der Waals surface area contributed by atoms with Crippen molar-refractivity contribution < 1.29 is 120 Å². The van der Waals surface area contributed by atoms with Crippen LogP contribution in [0.1, 0.15) is 22.8 Å². The molecular formula is C68H72N4O24. The van der Waals surface area contributed by atoms with Gasteiger partial charge in [0.1, 0.15) is 121 Å². The summed E-state index contributed by atoms with van der Waals surface area (Å²) in [5, 5.41) is 167. The number of nitrogens with one attached hydrogen (secondary N) is 2. The first-order valence-electron chi connectivity index (χ1n) is 31.1. The van der Waals surface area contributed by atoms with Crippen molar-refractivity contribution in [3.63, 3.8) is 0 Å². The van der Waals surface area contributed by atoms with Gasteiger partial charge < -0.3 is 130 Å². The Morgan fingerprint density at radius 1 is 0.302 bits per heavy atom. The highest BCUT2D eigenvalue weighted by atomic mass is 16.7. The van der Waals surface area contributed by atoms with Crippen LogP contribution in [0.4, 0.5) is 0 Å². The van der Waals surface area contributed by atoms with Gasteiger partial charge in [-0.25, -0.2) is 4.98 Å². The van der Waals surface area contributed by atoms with Crippen LogP contribution in [-0.2, 0) is 31.8 Å². The number of aromatic nitrogens is 4. The summed E-state index contributed by atoms with van der Waals surface area (Å²) in [7, 11) is 0. The lowest BCUT2D eigenvalue weighted by Crippen LogP contribution is -2.60. The van der Waals surface area contributed by atoms with Crippen LogP contribution >= 0.6 is 0 Å². The molecule has 0 spiro atoms. The van der Waals surface area contributed by atoms with Gasteiger partial charge in [-0.15, -0.1) is 0 Å². The molecule has 4 saturated heterocycles. The molecule has 7 aromatic rings. The van der Waals surface area contributed by atoms with Crippen LogP contribution in [0.3, 0.4) is 0 Å². The fraction of sp³-hybridized carbons (Fsp3) is 0.382. The second-order valence-corrected chi connectivity index (χ2v) is 24.2. The molecule has 0 aliphatic carbocycles. The summed E-state index contributed by atoms with van der Waals surface area (Å²) in [6, 6.07) is 34.7. The van der Waals surface area contributed by atoms with Crippen LogP contribution in [0.15, 0.2) is 121 Å². The van der Waals surface area contributed by atoms with Gasteiger partial charge in [0.05, 0.1) is 49.2 Å². The lowest BCUT2D eigenvalue weighted by atomic mass is 9.99. The number of ether oxygens (including phenoxy) is 8. The summed E-state index contributed by atoms with van der Waals surface area (Å²) in [6.45, 7) is -2.63. The number of hydrogen-bond acceptors (Lipinski definition) is 26. The van der Waals surface area contributed by atoms with E-state index in [-0.39, 0.29) is 23.0 Å². The van der Waals surface area contributed by atoms with Crippen molar-refractivity contribution in [3.8, 4) is 67.5 Å². The Kier molecular flexibility index (Phi) is 19.4. The molecule has 6 aliphatic heterocycles. The molecule has 0 saturated carbocycles. The maximum absolute atomic E-state index is 10.9. The fourth-order valence-corrected chi connectivity index (χ4v) is 12.7. The number of nitrogens with zero attached hydrogens (tertiary/aromatic N) is 2. The van der Waals surface area contributed by atoms with Gasteiger partial charge in [0.2, 0.25) is 25.2 Å². The minimum absolute atomic E-state index is 0.201. The number of benzene rings is 4. The molecule has 8 bridgehead atoms. The van der Waals surface area contributed by atoms with Gasteiger partial charge in [-0.05, 0) is 120 Å². The summed E-state index contributed by atoms with van der Waals surface area (Å²) in [5.41, 5.74) is 9.60. The first kappa shape index (κ1) is 66.7. The van der Waals surface area contributed by atoms with Gasteiger partial charge in [-0.3, -0.25) is 4.98 Å². The largest absolute Gasteiger partial charge is 0.462 e. The average Bonchev–Trinajstić information content (AvgIpc) is 1.66. The lowest BCUT2D eigenvalue weighted by molar-refractivity contribution is -0.277. The molecule has 508 valence electrons. The molecule has 28 heteroatoms. The number of aliphatic hydroxyl groups excluding tert-OH is 16. The molecule has 3 aromatic heterocycles. The zero-order valence-electron chi connectivity index (χ0n) is 50.8. The van der Waals surface area contributed by atoms with Crippen LogP contribution in [0.5, 0.6) is 23.0 Å². The van der Waals surface area contributed by atoms with E-state index in [2.05, 4.69) is 9.97 Å². The third kappa shape index (κ3) is 12.9. The maximum Gasteiger partial charge on any atom is 0.229 e. The molecule has 4 aromatic carbocycles. The van der Waals surface area contributed by atoms with E-state index in [1.54, 1.807) is 97.1 Å². The summed E-state index contributed by atoms with van der Waals surface area (Å²) >= 11 is 0. The van der Waals surface area contributed by atoms with E-state index < -0.39 is 149 Å². The second kappa shape index (κ2) is 27.9. The molecule has 6 aliphatic rings. The van der Waals surface area contributed by atoms with E-state index in [1.165, 1.54) is 0 Å². The number of aliphatic hydroxyl groups is 16. The number of hydrogen-bond donors (Lipinski definition) is 18. The fourth-order valence-electron chi connectivity index (χ4n) is 12.7. The Morgan fingerprint density at radius 2 is 0.542 bits per heavy atom. The van der Waals surface area contributed by atoms with E-state index in [9.17, 15) is 81.7 Å². The monoisotopic (exact) mass is 1330 g/mol. The first-order valence-corrected chi connectivity index (χ1v) is 31.1. The van der Waals surface area contributed by atoms with Crippen molar-refractivity contribution >= 4 is 34.2 Å². The molecule has 96 heavy (non-hydrogen) atoms. The molecule has 0 unspecified atom stereocenters. The smallest absolute Gasteiger partial charge is 0.229 e. The normalized spacial score (nSPS) is 31.4. The van der Waals surface area contributed by atoms with Gasteiger partial charge >= 0.3 is 0 Å². The van der Waals surface area contributed by atoms with Gasteiger partial charge in [-0.2, -0.15) is 0 Å². The van der Waals surface area contributed by atoms with Crippen LogP contribution < -0.4 is 18.9 Å². The molecule has 9 heterocycles. The number of fused-ring (bicyclic) bond motifs is 8. The Labute approximate surface area is 545 Å². The first-order chi connectivity index (χ1) is 46.3. The van der Waals surface area contributed by atoms with Crippen molar-refractivity contribution in [1.82, 2.24) is 19.9 Å². The van der Waals surface area contributed by atoms with Gasteiger partial charge in [0, 0.05) is 44.3 Å². The van der Waals surface area contributed by atoms with Crippen LogP contribution in [0, 0.1) is 0 Å². The van der Waals surface area contributed by atoms with Crippen LogP contribution in [0.25, 0.3) is 78.7 Å². The standard InChI is InChI=1S/C68H72N4O24/c73-25-45-53(77)57(81)61(85)65(93-45)89-33-9-1-29(2-10-33)49-37-17-19-39(69-37)50(30-3-11-34(12-4-30)90-66-62(86)58(82)54(78)46(26-74)94-66)41-21-23-43(71-41)52(32-7-15-36(16-8-32)92-68-64(88)60(84)56(80)48(28-76)96-68)44-24-22-42(72-44)51(40-20-18-38(49)70-40)31-5-13-35(14-6-31)91-67-63(87)59(83)55(79)47(27-75)95-67/h1-21,23,45-48,53-68,70-71,73-88H,22,24-28H2/t45-,46-,47-,48-,53-,54-,55-,56-,57+,58+,59+,60+,61-,62-,63-,64-,65-,66-,67-,68-/m1/s1. The molecule has 13 rings (SSSR count). The Balaban J connectivity index is 0.979. The minimum Gasteiger partial charge on any atom is -0.462 e. The third-order valence-electron chi connectivity index (χ3n) is 18.0. The lowest BCUT2D eigenvalue weighted by Gasteiger charge is -2.39. The van der Waals surface area contributed by atoms with Crippen molar-refractivity contribution in [2.75, 3.05) is 26.4 Å². The van der Waals surface area contributed by atoms with Crippen LogP contribution in [-0.4, -0.2) is 251 Å². The number of aromatic amines is 2. The predicted octanol–water partition coefficient (Wildman–Crippen LogP) is -0.347. The van der Waals surface area contributed by atoms with Gasteiger partial charge in [-0.1, -0.05) is 48.5 Å². The maximum atomic E-state index is 10.9. The van der Waals surface area contributed by atoms with Gasteiger partial charge in [0.25, 0.3) is 0 Å². The third-order valence-corrected chi connectivity index (χ3v) is 18.0. The molecule has 20 atom stereocenters. The molecular weight excluding hydrogens is 1260 g/mol. The van der Waals surface area contributed by atoms with Crippen molar-refractivity contribution in [2.45, 2.75) is 136 Å². The molecule has 0 amide bonds. The zero-order valence-corrected chi connectivity index (χ0v) is 50.8. The summed E-state index contributed by atoms with van der Waals surface area (Å²) in [4.78, 5) is 18.1. The molecule has 0 radical (unpaired) electrons. The number of H-pyrrole nitrogens is 2. The topological polar surface area (TPSA) is 455 Å². The van der Waals surface area contributed by atoms with Crippen molar-refractivity contribution in [2.24, 2.45) is 0 Å². The van der Waals surface area contributed by atoms with E-state index >= 15 is 0 Å². The Hall–Kier alpha value is -7.86. The van der Waals surface area contributed by atoms with Gasteiger partial charge in [0.15, 0.2) is 0 Å². The molecule has 28 nitrogen and oxygen atoms in total. The average molecular weight is 1330 g/mol. The number of rotatable bonds is 16. The number of aryl methyl sites for hydroxylation is 2. The zero-order chi connectivity index (χ0) is 67.4. The Morgan fingerprint density at radius 3 is 0.792 bits per heavy atom. The van der Waals surface area contributed by atoms with Crippen molar-refractivity contribution in [3.05, 3.63) is 144 Å². The highest BCUT2D eigenvalue weighted by Gasteiger charge is 2.48. The predicted molar refractivity (Wildman–Crippen MR) is 337 cm³/mol. The molecule has 18 N–H and O–H groups in total. The highest BCUT2D eigenvalue weighted by Crippen LogP contribution is 2.41. The van der Waals surface area contributed by atoms with E-state index in [0.717, 1.165) is 0 Å². The van der Waals surface area contributed by atoms with E-state index in [1.807, 2.05) is 36.4 Å². The van der Waals surface area contributed by atoms with Crippen molar-refractivity contribution in [1.29, 1.82) is 0 Å². The Bertz CT molecular complexity index is 3820. The van der Waals surface area contributed by atoms with E-state index in [0.29, 0.717) is 102 Å². The second-order valence-electron chi connectivity index (χ2n) is 24.2. The summed E-state index contributed by atoms with van der Waals surface area (Å²) in [5.74, 6) is 0.824.